The molecule has 0 fully saturated rings. The second-order valence-electron chi connectivity index (χ2n) is 6.68. The number of benzene rings is 2. The van der Waals surface area contributed by atoms with Gasteiger partial charge in [-0.25, -0.2) is 0 Å². The van der Waals surface area contributed by atoms with Crippen molar-refractivity contribution in [3.63, 3.8) is 0 Å². The summed E-state index contributed by atoms with van der Waals surface area (Å²) in [5.41, 5.74) is 2.73. The van der Waals surface area contributed by atoms with E-state index in [2.05, 4.69) is 13.8 Å². The first kappa shape index (κ1) is 16.5. The number of fused-ring (bicyclic) bond motifs is 2. The average Bonchev–Trinajstić information content (AvgIpc) is 3.08. The third-order valence-electron chi connectivity index (χ3n) is 4.70. The molecular weight excluding hydrogens is 332 g/mol. The molecule has 5 heteroatoms. The lowest BCUT2D eigenvalue weighted by molar-refractivity contribution is 0.174. The van der Waals surface area contributed by atoms with E-state index in [9.17, 15) is 4.79 Å². The van der Waals surface area contributed by atoms with Crippen LogP contribution >= 0.6 is 0 Å². The highest BCUT2D eigenvalue weighted by atomic mass is 16.7. The minimum Gasteiger partial charge on any atom is -0.496 e. The Morgan fingerprint density at radius 2 is 1.85 bits per heavy atom. The fraction of sp³-hybridized carbons (Fsp3) is 0.286. The van der Waals surface area contributed by atoms with Gasteiger partial charge in [0.25, 0.3) is 0 Å². The summed E-state index contributed by atoms with van der Waals surface area (Å²) < 4.78 is 22.2. The maximum absolute atomic E-state index is 13.3. The molecule has 1 aliphatic heterocycles. The number of hydrogen-bond donors (Lipinski definition) is 0. The Bertz CT molecular complexity index is 1060. The largest absolute Gasteiger partial charge is 0.496 e. The van der Waals surface area contributed by atoms with E-state index in [1.165, 1.54) is 0 Å². The topological polar surface area (TPSA) is 57.9 Å². The van der Waals surface area contributed by atoms with Gasteiger partial charge in [-0.1, -0.05) is 19.9 Å². The van der Waals surface area contributed by atoms with Crippen LogP contribution < -0.4 is 19.6 Å². The van der Waals surface area contributed by atoms with Gasteiger partial charge in [-0.15, -0.1) is 0 Å². The van der Waals surface area contributed by atoms with E-state index in [4.69, 9.17) is 18.6 Å². The third-order valence-corrected chi connectivity index (χ3v) is 4.70. The van der Waals surface area contributed by atoms with Crippen LogP contribution in [0, 0.1) is 6.92 Å². The van der Waals surface area contributed by atoms with Crippen molar-refractivity contribution < 1.29 is 18.6 Å². The van der Waals surface area contributed by atoms with Crippen molar-refractivity contribution in [3.8, 4) is 28.4 Å². The molecule has 1 aromatic heterocycles. The molecule has 0 bridgehead atoms. The van der Waals surface area contributed by atoms with Crippen LogP contribution in [0.4, 0.5) is 0 Å². The zero-order valence-electron chi connectivity index (χ0n) is 15.2. The molecule has 0 saturated carbocycles. The summed E-state index contributed by atoms with van der Waals surface area (Å²) >= 11 is 0. The highest BCUT2D eigenvalue weighted by molar-refractivity contribution is 5.85. The van der Waals surface area contributed by atoms with E-state index in [1.807, 2.05) is 24.3 Å². The van der Waals surface area contributed by atoms with Crippen molar-refractivity contribution in [1.82, 2.24) is 0 Å². The molecule has 26 heavy (non-hydrogen) atoms. The lowest BCUT2D eigenvalue weighted by Crippen LogP contribution is -2.09. The SMILES string of the molecule is COc1cc2oc(C)c(-c3ccc4c(c3)OCO4)c(=O)c2cc1C(C)C. The Morgan fingerprint density at radius 3 is 2.58 bits per heavy atom. The Labute approximate surface area is 151 Å². The normalized spacial score (nSPS) is 12.8. The number of ether oxygens (including phenoxy) is 3. The zero-order valence-corrected chi connectivity index (χ0v) is 15.2. The zero-order chi connectivity index (χ0) is 18.4. The first-order chi connectivity index (χ1) is 12.5. The molecule has 134 valence electrons. The second kappa shape index (κ2) is 6.09. The highest BCUT2D eigenvalue weighted by Crippen LogP contribution is 2.37. The molecule has 2 heterocycles. The Morgan fingerprint density at radius 1 is 1.08 bits per heavy atom. The van der Waals surface area contributed by atoms with E-state index in [0.29, 0.717) is 33.8 Å². The fourth-order valence-corrected chi connectivity index (χ4v) is 3.36. The molecule has 0 spiro atoms. The van der Waals surface area contributed by atoms with Crippen LogP contribution in [0.15, 0.2) is 39.5 Å². The van der Waals surface area contributed by atoms with Gasteiger partial charge in [0.1, 0.15) is 17.1 Å². The van der Waals surface area contributed by atoms with Crippen LogP contribution in [0.3, 0.4) is 0 Å². The molecular formula is C21H20O5. The van der Waals surface area contributed by atoms with Crippen molar-refractivity contribution in [2.45, 2.75) is 26.7 Å². The predicted molar refractivity (Wildman–Crippen MR) is 99.4 cm³/mol. The molecule has 0 aliphatic carbocycles. The number of methoxy groups -OCH3 is 1. The molecule has 5 nitrogen and oxygen atoms in total. The van der Waals surface area contributed by atoms with Gasteiger partial charge in [0.15, 0.2) is 11.5 Å². The van der Waals surface area contributed by atoms with Crippen molar-refractivity contribution in [3.05, 3.63) is 51.9 Å². The lowest BCUT2D eigenvalue weighted by atomic mass is 9.97. The van der Waals surface area contributed by atoms with Crippen LogP contribution in [-0.4, -0.2) is 13.9 Å². The molecule has 0 N–H and O–H groups in total. The van der Waals surface area contributed by atoms with Gasteiger partial charge in [-0.05, 0) is 42.2 Å². The van der Waals surface area contributed by atoms with Gasteiger partial charge in [0, 0.05) is 6.07 Å². The Kier molecular flexibility index (Phi) is 3.87. The van der Waals surface area contributed by atoms with Crippen LogP contribution in [0.5, 0.6) is 17.2 Å². The van der Waals surface area contributed by atoms with Gasteiger partial charge in [-0.3, -0.25) is 4.79 Å². The quantitative estimate of drug-likeness (QED) is 0.688. The first-order valence-electron chi connectivity index (χ1n) is 8.55. The molecule has 0 radical (unpaired) electrons. The van der Waals surface area contributed by atoms with Crippen molar-refractivity contribution in [1.29, 1.82) is 0 Å². The van der Waals surface area contributed by atoms with Crippen LogP contribution in [-0.2, 0) is 0 Å². The Hall–Kier alpha value is -2.95. The van der Waals surface area contributed by atoms with Crippen LogP contribution in [0.25, 0.3) is 22.1 Å². The van der Waals surface area contributed by atoms with E-state index >= 15 is 0 Å². The van der Waals surface area contributed by atoms with E-state index in [0.717, 1.165) is 16.9 Å². The minimum atomic E-state index is -0.0628. The lowest BCUT2D eigenvalue weighted by Gasteiger charge is -2.14. The number of rotatable bonds is 3. The van der Waals surface area contributed by atoms with Crippen molar-refractivity contribution in [2.24, 2.45) is 0 Å². The Balaban J connectivity index is 1.97. The maximum Gasteiger partial charge on any atom is 0.231 e. The number of aryl methyl sites for hydroxylation is 1. The highest BCUT2D eigenvalue weighted by Gasteiger charge is 2.20. The van der Waals surface area contributed by atoms with Crippen LogP contribution in [0.1, 0.15) is 31.1 Å². The molecule has 3 aromatic rings. The minimum absolute atomic E-state index is 0.0628. The van der Waals surface area contributed by atoms with E-state index in [1.54, 1.807) is 20.1 Å². The van der Waals surface area contributed by atoms with Crippen molar-refractivity contribution >= 4 is 11.0 Å². The molecule has 0 atom stereocenters. The van der Waals surface area contributed by atoms with Gasteiger partial charge < -0.3 is 18.6 Å². The predicted octanol–water partition coefficient (Wildman–Crippen LogP) is 4.63. The molecule has 2 aromatic carbocycles. The van der Waals surface area contributed by atoms with Gasteiger partial charge >= 0.3 is 0 Å². The molecule has 4 rings (SSSR count). The summed E-state index contributed by atoms with van der Waals surface area (Å²) in [5, 5.41) is 0.549. The van der Waals surface area contributed by atoms with E-state index < -0.39 is 0 Å². The summed E-state index contributed by atoms with van der Waals surface area (Å²) in [5.74, 6) is 2.83. The molecule has 0 amide bonds. The summed E-state index contributed by atoms with van der Waals surface area (Å²) in [6, 6.07) is 9.16. The van der Waals surface area contributed by atoms with Gasteiger partial charge in [-0.2, -0.15) is 0 Å². The monoisotopic (exact) mass is 352 g/mol. The van der Waals surface area contributed by atoms with Gasteiger partial charge in [0.2, 0.25) is 12.2 Å². The second-order valence-corrected chi connectivity index (χ2v) is 6.68. The maximum atomic E-state index is 13.3. The van der Waals surface area contributed by atoms with E-state index in [-0.39, 0.29) is 18.1 Å². The standard InChI is InChI=1S/C21H20O5/c1-11(2)14-8-15-18(9-17(14)23-4)26-12(3)20(21(15)22)13-5-6-16-19(7-13)25-10-24-16/h5-9,11H,10H2,1-4H3. The molecule has 1 aliphatic rings. The summed E-state index contributed by atoms with van der Waals surface area (Å²) in [6.45, 7) is 6.13. The molecule has 0 saturated heterocycles. The first-order valence-corrected chi connectivity index (χ1v) is 8.55. The van der Waals surface area contributed by atoms with Crippen molar-refractivity contribution in [2.75, 3.05) is 13.9 Å². The summed E-state index contributed by atoms with van der Waals surface area (Å²) in [4.78, 5) is 13.3. The van der Waals surface area contributed by atoms with Crippen LogP contribution in [0.2, 0.25) is 0 Å². The smallest absolute Gasteiger partial charge is 0.231 e. The summed E-state index contributed by atoms with van der Waals surface area (Å²) in [7, 11) is 1.62. The molecule has 0 unspecified atom stereocenters. The number of hydrogen-bond acceptors (Lipinski definition) is 5. The average molecular weight is 352 g/mol. The third kappa shape index (κ3) is 2.51. The summed E-state index contributed by atoms with van der Waals surface area (Å²) in [6.07, 6.45) is 0. The van der Waals surface area contributed by atoms with Gasteiger partial charge in [0.05, 0.1) is 18.1 Å². The fourth-order valence-electron chi connectivity index (χ4n) is 3.36.